The van der Waals surface area contributed by atoms with Crippen LogP contribution in [0.15, 0.2) is 96.0 Å². The summed E-state index contributed by atoms with van der Waals surface area (Å²) in [6.45, 7) is 1.12. The highest BCUT2D eigenvalue weighted by molar-refractivity contribution is 7.89. The molecular formula is C35H37ClFN5O6S. The van der Waals surface area contributed by atoms with Crippen molar-refractivity contribution in [3.63, 3.8) is 0 Å². The highest BCUT2D eigenvalue weighted by atomic mass is 35.5. The fourth-order valence-corrected chi connectivity index (χ4v) is 7.72. The highest BCUT2D eigenvalue weighted by Gasteiger charge is 2.35. The van der Waals surface area contributed by atoms with Crippen LogP contribution in [0.1, 0.15) is 29.0 Å². The zero-order chi connectivity index (χ0) is 35.0. The SMILES string of the molecule is COC(=O)NC(C(=O)Nc1cccc(F)c1CCC1CNCCN1S(=O)(=O)c1ccccc1)C(c1ccc(Cl)cc1)c1ccc(OC)nc1. The van der Waals surface area contributed by atoms with Crippen molar-refractivity contribution in [2.45, 2.75) is 35.7 Å². The molecule has 0 radical (unpaired) electrons. The average molecular weight is 710 g/mol. The third-order valence-electron chi connectivity index (χ3n) is 8.38. The molecule has 11 nitrogen and oxygen atoms in total. The number of pyridine rings is 1. The molecule has 5 rings (SSSR count). The van der Waals surface area contributed by atoms with E-state index in [0.717, 1.165) is 0 Å². The molecule has 0 bridgehead atoms. The van der Waals surface area contributed by atoms with Crippen LogP contribution in [0.5, 0.6) is 5.88 Å². The van der Waals surface area contributed by atoms with Gasteiger partial charge in [0, 0.05) is 60.1 Å². The van der Waals surface area contributed by atoms with Crippen molar-refractivity contribution in [1.29, 1.82) is 0 Å². The van der Waals surface area contributed by atoms with Gasteiger partial charge in [-0.25, -0.2) is 22.6 Å². The van der Waals surface area contributed by atoms with Gasteiger partial charge >= 0.3 is 6.09 Å². The number of alkyl carbamates (subject to hydrolysis) is 1. The molecule has 2 heterocycles. The summed E-state index contributed by atoms with van der Waals surface area (Å²) in [7, 11) is -1.13. The Hall–Kier alpha value is -4.56. The third-order valence-corrected chi connectivity index (χ3v) is 10.6. The summed E-state index contributed by atoms with van der Waals surface area (Å²) in [5.74, 6) is -1.64. The second kappa shape index (κ2) is 16.2. The predicted octanol–water partition coefficient (Wildman–Crippen LogP) is 4.97. The maximum Gasteiger partial charge on any atom is 0.407 e. The molecule has 1 saturated heterocycles. The second-order valence-electron chi connectivity index (χ2n) is 11.4. The molecular weight excluding hydrogens is 673 g/mol. The summed E-state index contributed by atoms with van der Waals surface area (Å²) in [6, 6.07) is 21.0. The van der Waals surface area contributed by atoms with Crippen LogP contribution in [0, 0.1) is 5.82 Å². The van der Waals surface area contributed by atoms with Crippen LogP contribution in [-0.4, -0.2) is 75.6 Å². The average Bonchev–Trinajstić information content (AvgIpc) is 3.12. The van der Waals surface area contributed by atoms with Gasteiger partial charge in [-0.3, -0.25) is 4.79 Å². The minimum absolute atomic E-state index is 0.119. The van der Waals surface area contributed by atoms with Crippen LogP contribution >= 0.6 is 11.6 Å². The molecule has 0 spiro atoms. The number of aromatic nitrogens is 1. The minimum atomic E-state index is -3.79. The number of methoxy groups -OCH3 is 2. The summed E-state index contributed by atoms with van der Waals surface area (Å²) in [4.78, 5) is 31.3. The molecule has 2 amide bonds. The molecule has 49 heavy (non-hydrogen) atoms. The van der Waals surface area contributed by atoms with Crippen molar-refractivity contribution in [3.8, 4) is 5.88 Å². The fraction of sp³-hybridized carbons (Fsp3) is 0.286. The number of carbonyl (C=O) groups excluding carboxylic acids is 2. The number of anilines is 1. The zero-order valence-electron chi connectivity index (χ0n) is 26.9. The monoisotopic (exact) mass is 709 g/mol. The zero-order valence-corrected chi connectivity index (χ0v) is 28.5. The number of piperazine rings is 1. The Kier molecular flexibility index (Phi) is 11.8. The Labute approximate surface area is 289 Å². The van der Waals surface area contributed by atoms with E-state index in [-0.39, 0.29) is 35.5 Å². The van der Waals surface area contributed by atoms with Gasteiger partial charge in [-0.05, 0) is 60.4 Å². The molecule has 3 aromatic carbocycles. The van der Waals surface area contributed by atoms with Crippen LogP contribution in [0.2, 0.25) is 5.02 Å². The fourth-order valence-electron chi connectivity index (χ4n) is 5.91. The first-order valence-electron chi connectivity index (χ1n) is 15.6. The first-order chi connectivity index (χ1) is 23.6. The molecule has 4 aromatic rings. The third kappa shape index (κ3) is 8.54. The van der Waals surface area contributed by atoms with E-state index in [1.807, 2.05) is 0 Å². The van der Waals surface area contributed by atoms with Gasteiger partial charge in [0.15, 0.2) is 0 Å². The molecule has 258 valence electrons. The quantitative estimate of drug-likeness (QED) is 0.188. The van der Waals surface area contributed by atoms with Gasteiger partial charge in [0.25, 0.3) is 0 Å². The number of nitrogens with zero attached hydrogens (tertiary/aromatic N) is 2. The lowest BCUT2D eigenvalue weighted by Crippen LogP contribution is -2.53. The van der Waals surface area contributed by atoms with Crippen molar-refractivity contribution in [1.82, 2.24) is 19.9 Å². The Morgan fingerprint density at radius 3 is 2.43 bits per heavy atom. The molecule has 3 atom stereocenters. The van der Waals surface area contributed by atoms with Crippen LogP contribution in [0.3, 0.4) is 0 Å². The van der Waals surface area contributed by atoms with Crippen LogP contribution in [0.4, 0.5) is 14.9 Å². The molecule has 3 N–H and O–H groups in total. The maximum absolute atomic E-state index is 15.5. The number of amides is 2. The van der Waals surface area contributed by atoms with Crippen molar-refractivity contribution in [3.05, 3.63) is 119 Å². The van der Waals surface area contributed by atoms with Gasteiger partial charge in [-0.15, -0.1) is 0 Å². The molecule has 0 saturated carbocycles. The molecule has 1 aromatic heterocycles. The summed E-state index contributed by atoms with van der Waals surface area (Å²) in [5.41, 5.74) is 1.59. The lowest BCUT2D eigenvalue weighted by Gasteiger charge is -2.35. The minimum Gasteiger partial charge on any atom is -0.481 e. The lowest BCUT2D eigenvalue weighted by atomic mass is 9.85. The van der Waals surface area contributed by atoms with Gasteiger partial charge in [0.1, 0.15) is 11.9 Å². The molecule has 0 aliphatic carbocycles. The maximum atomic E-state index is 15.5. The van der Waals surface area contributed by atoms with Crippen molar-refractivity contribution in [2.24, 2.45) is 0 Å². The van der Waals surface area contributed by atoms with Crippen LogP contribution in [0.25, 0.3) is 0 Å². The van der Waals surface area contributed by atoms with Gasteiger partial charge in [-0.2, -0.15) is 4.31 Å². The van der Waals surface area contributed by atoms with Crippen LogP contribution in [-0.2, 0) is 26.0 Å². The number of hydrogen-bond donors (Lipinski definition) is 3. The van der Waals surface area contributed by atoms with E-state index in [1.165, 1.54) is 30.7 Å². The number of halogens is 2. The summed E-state index contributed by atoms with van der Waals surface area (Å²) in [5, 5.41) is 9.18. The van der Waals surface area contributed by atoms with E-state index < -0.39 is 45.8 Å². The summed E-state index contributed by atoms with van der Waals surface area (Å²) in [6.07, 6.45) is 1.08. The van der Waals surface area contributed by atoms with Crippen molar-refractivity contribution >= 4 is 39.3 Å². The smallest absolute Gasteiger partial charge is 0.407 e. The van der Waals surface area contributed by atoms with Crippen molar-refractivity contribution < 1.29 is 31.9 Å². The number of sulfonamides is 1. The molecule has 1 aliphatic heterocycles. The van der Waals surface area contributed by atoms with Gasteiger partial charge in [0.2, 0.25) is 21.8 Å². The van der Waals surface area contributed by atoms with Gasteiger partial charge in [-0.1, -0.05) is 54.1 Å². The Morgan fingerprint density at radius 2 is 1.76 bits per heavy atom. The number of rotatable bonds is 12. The van der Waals surface area contributed by atoms with Crippen molar-refractivity contribution in [2.75, 3.05) is 39.2 Å². The van der Waals surface area contributed by atoms with E-state index in [9.17, 15) is 18.0 Å². The van der Waals surface area contributed by atoms with Gasteiger partial charge in [0.05, 0.1) is 19.1 Å². The summed E-state index contributed by atoms with van der Waals surface area (Å²) < 4.78 is 54.1. The van der Waals surface area contributed by atoms with E-state index >= 15 is 4.39 Å². The highest BCUT2D eigenvalue weighted by Crippen LogP contribution is 2.32. The molecule has 14 heteroatoms. The van der Waals surface area contributed by atoms with Crippen LogP contribution < -0.4 is 20.7 Å². The second-order valence-corrected chi connectivity index (χ2v) is 13.7. The van der Waals surface area contributed by atoms with E-state index in [2.05, 4.69) is 20.9 Å². The number of benzene rings is 3. The van der Waals surface area contributed by atoms with Gasteiger partial charge < -0.3 is 25.4 Å². The largest absolute Gasteiger partial charge is 0.481 e. The number of nitrogens with one attached hydrogen (secondary N) is 3. The normalized spacial score (nSPS) is 16.3. The van der Waals surface area contributed by atoms with E-state index in [0.29, 0.717) is 35.1 Å². The summed E-state index contributed by atoms with van der Waals surface area (Å²) >= 11 is 6.17. The van der Waals surface area contributed by atoms with E-state index in [4.69, 9.17) is 21.1 Å². The Balaban J connectivity index is 1.44. The number of hydrogen-bond acceptors (Lipinski definition) is 8. The molecule has 1 fully saturated rings. The standard InChI is InChI=1S/C35H37ClFN5O6S/c1-47-31-18-13-24(21-39-31)32(23-11-14-25(36)15-12-23)33(41-35(44)48-2)34(43)40-30-10-6-9-29(37)28(30)17-16-26-22-38-19-20-42(26)49(45,46)27-7-4-3-5-8-27/h3-15,18,21,26,32-33,38H,16-17,19-20,22H2,1-2H3,(H,40,43)(H,41,44). The Bertz CT molecular complexity index is 1850. The number of ether oxygens (including phenoxy) is 2. The predicted molar refractivity (Wildman–Crippen MR) is 184 cm³/mol. The lowest BCUT2D eigenvalue weighted by molar-refractivity contribution is -0.118. The van der Waals surface area contributed by atoms with E-state index in [1.54, 1.807) is 79.0 Å². The first kappa shape index (κ1) is 35.7. The molecule has 1 aliphatic rings. The topological polar surface area (TPSA) is 139 Å². The first-order valence-corrected chi connectivity index (χ1v) is 17.4. The Morgan fingerprint density at radius 1 is 1.02 bits per heavy atom. The molecule has 3 unspecified atom stereocenters. The number of carbonyl (C=O) groups is 2.